The predicted molar refractivity (Wildman–Crippen MR) is 84.8 cm³/mol. The van der Waals surface area contributed by atoms with E-state index in [0.29, 0.717) is 23.5 Å². The molecule has 6 heteroatoms. The van der Waals surface area contributed by atoms with Crippen LogP contribution in [0.15, 0.2) is 18.2 Å². The fraction of sp³-hybridized carbons (Fsp3) is 0.529. The molecule has 1 aromatic carbocycles. The van der Waals surface area contributed by atoms with Gasteiger partial charge in [-0.15, -0.1) is 0 Å². The van der Waals surface area contributed by atoms with E-state index in [2.05, 4.69) is 0 Å². The van der Waals surface area contributed by atoms with E-state index in [4.69, 9.17) is 14.2 Å². The van der Waals surface area contributed by atoms with Gasteiger partial charge in [-0.1, -0.05) is 19.9 Å². The van der Waals surface area contributed by atoms with E-state index in [1.807, 2.05) is 19.9 Å². The van der Waals surface area contributed by atoms with Crippen LogP contribution in [0, 0.1) is 5.92 Å². The largest absolute Gasteiger partial charge is 0.496 e. The van der Waals surface area contributed by atoms with Crippen LogP contribution in [-0.4, -0.2) is 44.3 Å². The van der Waals surface area contributed by atoms with Crippen molar-refractivity contribution in [1.82, 2.24) is 4.90 Å². The van der Waals surface area contributed by atoms with E-state index in [0.717, 1.165) is 0 Å². The first-order chi connectivity index (χ1) is 11.0. The van der Waals surface area contributed by atoms with Crippen LogP contribution in [0.2, 0.25) is 0 Å². The average Bonchev–Trinajstić information content (AvgIpc) is 2.97. The number of hydrogen-bond acceptors (Lipinski definition) is 5. The SMILES string of the molecule is COc1cccc(OC)c1C(CC(C)C)C(=O)N1CCOC1=O. The van der Waals surface area contributed by atoms with Crippen LogP contribution >= 0.6 is 0 Å². The standard InChI is InChI=1S/C17H23NO5/c1-11(2)10-12(16(19)18-8-9-23-17(18)20)15-13(21-3)6-5-7-14(15)22-4/h5-7,11-12H,8-10H2,1-4H3. The molecule has 0 saturated carbocycles. The Kier molecular flexibility index (Phi) is 5.47. The molecule has 1 atom stereocenters. The van der Waals surface area contributed by atoms with E-state index in [1.165, 1.54) is 4.90 Å². The molecule has 0 bridgehead atoms. The molecule has 0 N–H and O–H groups in total. The number of cyclic esters (lactones) is 1. The number of rotatable bonds is 6. The van der Waals surface area contributed by atoms with Crippen molar-refractivity contribution in [2.75, 3.05) is 27.4 Å². The van der Waals surface area contributed by atoms with Gasteiger partial charge in [-0.3, -0.25) is 4.79 Å². The fourth-order valence-electron chi connectivity index (χ4n) is 2.82. The lowest BCUT2D eigenvalue weighted by molar-refractivity contribution is -0.129. The molecule has 1 unspecified atom stereocenters. The molecule has 0 aliphatic carbocycles. The summed E-state index contributed by atoms with van der Waals surface area (Å²) in [4.78, 5) is 25.9. The second-order valence-electron chi connectivity index (χ2n) is 5.86. The third kappa shape index (κ3) is 3.57. The van der Waals surface area contributed by atoms with Gasteiger partial charge in [-0.2, -0.15) is 0 Å². The number of methoxy groups -OCH3 is 2. The van der Waals surface area contributed by atoms with Crippen LogP contribution in [0.25, 0.3) is 0 Å². The number of imide groups is 1. The van der Waals surface area contributed by atoms with Crippen molar-refractivity contribution in [3.63, 3.8) is 0 Å². The van der Waals surface area contributed by atoms with Crippen LogP contribution in [0.4, 0.5) is 4.79 Å². The Morgan fingerprint density at radius 1 is 1.26 bits per heavy atom. The molecular formula is C17H23NO5. The Morgan fingerprint density at radius 3 is 2.30 bits per heavy atom. The van der Waals surface area contributed by atoms with Crippen molar-refractivity contribution in [3.8, 4) is 11.5 Å². The molecule has 1 aliphatic rings. The molecule has 1 heterocycles. The number of hydrogen-bond donors (Lipinski definition) is 0. The highest BCUT2D eigenvalue weighted by molar-refractivity contribution is 5.97. The van der Waals surface area contributed by atoms with Gasteiger partial charge < -0.3 is 14.2 Å². The normalized spacial score (nSPS) is 15.5. The van der Waals surface area contributed by atoms with Gasteiger partial charge in [-0.25, -0.2) is 9.69 Å². The maximum Gasteiger partial charge on any atom is 0.416 e. The number of benzene rings is 1. The van der Waals surface area contributed by atoms with Gasteiger partial charge in [0.1, 0.15) is 18.1 Å². The highest BCUT2D eigenvalue weighted by Gasteiger charge is 2.37. The van der Waals surface area contributed by atoms with Crippen molar-refractivity contribution in [2.45, 2.75) is 26.2 Å². The van der Waals surface area contributed by atoms with Crippen LogP contribution in [0.3, 0.4) is 0 Å². The van der Waals surface area contributed by atoms with Crippen molar-refractivity contribution >= 4 is 12.0 Å². The van der Waals surface area contributed by atoms with Gasteiger partial charge in [0, 0.05) is 5.56 Å². The molecule has 0 aromatic heterocycles. The zero-order valence-corrected chi connectivity index (χ0v) is 14.0. The minimum absolute atomic E-state index is 0.238. The third-order valence-electron chi connectivity index (χ3n) is 3.85. The summed E-state index contributed by atoms with van der Waals surface area (Å²) in [6.45, 7) is 4.58. The lowest BCUT2D eigenvalue weighted by Gasteiger charge is -2.25. The van der Waals surface area contributed by atoms with E-state index < -0.39 is 12.0 Å². The Morgan fingerprint density at radius 2 is 1.87 bits per heavy atom. The Labute approximate surface area is 136 Å². The van der Waals surface area contributed by atoms with E-state index in [9.17, 15) is 9.59 Å². The molecule has 2 amide bonds. The van der Waals surface area contributed by atoms with Crippen molar-refractivity contribution in [3.05, 3.63) is 23.8 Å². The summed E-state index contributed by atoms with van der Waals surface area (Å²) in [5.41, 5.74) is 0.677. The average molecular weight is 321 g/mol. The molecule has 1 fully saturated rings. The van der Waals surface area contributed by atoms with E-state index >= 15 is 0 Å². The predicted octanol–water partition coefficient (Wildman–Crippen LogP) is 2.81. The monoisotopic (exact) mass is 321 g/mol. The van der Waals surface area contributed by atoms with Crippen molar-refractivity contribution in [1.29, 1.82) is 0 Å². The number of nitrogens with zero attached hydrogens (tertiary/aromatic N) is 1. The first kappa shape index (κ1) is 17.1. The second-order valence-corrected chi connectivity index (χ2v) is 5.86. The molecule has 6 nitrogen and oxygen atoms in total. The minimum atomic E-state index is -0.586. The molecule has 1 saturated heterocycles. The van der Waals surface area contributed by atoms with Crippen molar-refractivity contribution < 1.29 is 23.8 Å². The van der Waals surface area contributed by atoms with Crippen LogP contribution < -0.4 is 9.47 Å². The Hall–Kier alpha value is -2.24. The Balaban J connectivity index is 2.46. The summed E-state index contributed by atoms with van der Waals surface area (Å²) >= 11 is 0. The third-order valence-corrected chi connectivity index (χ3v) is 3.85. The highest BCUT2D eigenvalue weighted by atomic mass is 16.6. The van der Waals surface area contributed by atoms with E-state index in [1.54, 1.807) is 26.4 Å². The smallest absolute Gasteiger partial charge is 0.416 e. The van der Waals surface area contributed by atoms with Gasteiger partial charge >= 0.3 is 6.09 Å². The molecule has 0 radical (unpaired) electrons. The van der Waals surface area contributed by atoms with E-state index in [-0.39, 0.29) is 25.0 Å². The molecule has 23 heavy (non-hydrogen) atoms. The summed E-state index contributed by atoms with van der Waals surface area (Å²) in [5.74, 6) is 0.625. The van der Waals surface area contributed by atoms with Gasteiger partial charge in [-0.05, 0) is 24.5 Å². The maximum absolute atomic E-state index is 12.9. The summed E-state index contributed by atoms with van der Waals surface area (Å²) < 4.78 is 15.7. The molecule has 126 valence electrons. The molecule has 1 aromatic rings. The second kappa shape index (κ2) is 7.35. The summed E-state index contributed by atoms with van der Waals surface area (Å²) in [7, 11) is 3.11. The molecule has 1 aliphatic heterocycles. The minimum Gasteiger partial charge on any atom is -0.496 e. The Bertz CT molecular complexity index is 562. The first-order valence-electron chi connectivity index (χ1n) is 7.68. The van der Waals surface area contributed by atoms with Crippen molar-refractivity contribution in [2.24, 2.45) is 5.92 Å². The lowest BCUT2D eigenvalue weighted by atomic mass is 9.87. The lowest BCUT2D eigenvalue weighted by Crippen LogP contribution is -2.36. The zero-order valence-electron chi connectivity index (χ0n) is 14.0. The highest BCUT2D eigenvalue weighted by Crippen LogP contribution is 2.39. The molecular weight excluding hydrogens is 298 g/mol. The topological polar surface area (TPSA) is 65.1 Å². The summed E-state index contributed by atoms with van der Waals surface area (Å²) in [5, 5.41) is 0. The molecule has 2 rings (SSSR count). The number of carbonyl (C=O) groups excluding carboxylic acids is 2. The number of amides is 2. The van der Waals surface area contributed by atoms with Crippen LogP contribution in [0.1, 0.15) is 31.7 Å². The number of ether oxygens (including phenoxy) is 3. The summed E-state index contributed by atoms with van der Waals surface area (Å²) in [6, 6.07) is 5.39. The first-order valence-corrected chi connectivity index (χ1v) is 7.68. The van der Waals surface area contributed by atoms with Gasteiger partial charge in [0.2, 0.25) is 5.91 Å². The van der Waals surface area contributed by atoms with Gasteiger partial charge in [0.05, 0.1) is 26.7 Å². The van der Waals surface area contributed by atoms with Crippen LogP contribution in [0.5, 0.6) is 11.5 Å². The summed E-state index contributed by atoms with van der Waals surface area (Å²) in [6.07, 6.45) is -0.00285. The maximum atomic E-state index is 12.9. The van der Waals surface area contributed by atoms with Gasteiger partial charge in [0.15, 0.2) is 0 Å². The molecule has 0 spiro atoms. The van der Waals surface area contributed by atoms with Crippen LogP contribution in [-0.2, 0) is 9.53 Å². The van der Waals surface area contributed by atoms with Gasteiger partial charge in [0.25, 0.3) is 0 Å². The fourth-order valence-corrected chi connectivity index (χ4v) is 2.82. The number of carbonyl (C=O) groups is 2. The quantitative estimate of drug-likeness (QED) is 0.806. The zero-order chi connectivity index (χ0) is 17.0.